The molecule has 0 aliphatic heterocycles. The summed E-state index contributed by atoms with van der Waals surface area (Å²) in [7, 11) is -2.44. The highest BCUT2D eigenvalue weighted by molar-refractivity contribution is 7.89. The van der Waals surface area contributed by atoms with E-state index in [2.05, 4.69) is 10.0 Å². The minimum atomic E-state index is -3.84. The molecular formula is C14H22N2O4S. The highest BCUT2D eigenvalue weighted by Gasteiger charge is 2.25. The second-order valence-corrected chi connectivity index (χ2v) is 6.84. The molecule has 7 heteroatoms. The molecular weight excluding hydrogens is 292 g/mol. The van der Waals surface area contributed by atoms with Gasteiger partial charge in [-0.1, -0.05) is 6.07 Å². The van der Waals surface area contributed by atoms with Crippen molar-refractivity contribution in [3.8, 4) is 5.75 Å². The number of methoxy groups -OCH3 is 1. The maximum absolute atomic E-state index is 12.4. The molecule has 1 aromatic carbocycles. The third-order valence-electron chi connectivity index (χ3n) is 2.76. The molecule has 0 radical (unpaired) electrons. The first-order chi connectivity index (χ1) is 9.67. The molecule has 21 heavy (non-hydrogen) atoms. The van der Waals surface area contributed by atoms with E-state index in [4.69, 9.17) is 4.74 Å². The predicted octanol–water partition coefficient (Wildman–Crippen LogP) is 1.20. The van der Waals surface area contributed by atoms with Crippen LogP contribution in [0.3, 0.4) is 0 Å². The van der Waals surface area contributed by atoms with Crippen molar-refractivity contribution in [3.05, 3.63) is 23.8 Å². The van der Waals surface area contributed by atoms with Gasteiger partial charge in [0, 0.05) is 6.04 Å². The van der Waals surface area contributed by atoms with Crippen molar-refractivity contribution in [2.75, 3.05) is 7.11 Å². The smallest absolute Gasteiger partial charge is 0.244 e. The van der Waals surface area contributed by atoms with Gasteiger partial charge < -0.3 is 10.1 Å². The number of carbonyl (C=O) groups is 1. The molecule has 0 saturated carbocycles. The monoisotopic (exact) mass is 314 g/mol. The molecule has 0 aromatic heterocycles. The number of sulfonamides is 1. The van der Waals surface area contributed by atoms with E-state index in [1.807, 2.05) is 13.8 Å². The summed E-state index contributed by atoms with van der Waals surface area (Å²) in [6, 6.07) is 3.92. The number of nitrogens with one attached hydrogen (secondary N) is 2. The zero-order chi connectivity index (χ0) is 16.2. The Bertz CT molecular complexity index is 611. The molecule has 118 valence electrons. The van der Waals surface area contributed by atoms with E-state index in [-0.39, 0.29) is 22.6 Å². The number of aryl methyl sites for hydroxylation is 1. The van der Waals surface area contributed by atoms with E-state index in [0.29, 0.717) is 0 Å². The Kier molecular flexibility index (Phi) is 5.74. The lowest BCUT2D eigenvalue weighted by Gasteiger charge is -2.17. The predicted molar refractivity (Wildman–Crippen MR) is 80.8 cm³/mol. The van der Waals surface area contributed by atoms with Crippen molar-refractivity contribution >= 4 is 15.9 Å². The lowest BCUT2D eigenvalue weighted by atomic mass is 10.2. The summed E-state index contributed by atoms with van der Waals surface area (Å²) in [5.41, 5.74) is 0.787. The van der Waals surface area contributed by atoms with E-state index >= 15 is 0 Å². The van der Waals surface area contributed by atoms with Crippen LogP contribution in [0.1, 0.15) is 26.3 Å². The number of carbonyl (C=O) groups excluding carboxylic acids is 1. The van der Waals surface area contributed by atoms with Crippen LogP contribution < -0.4 is 14.8 Å². The lowest BCUT2D eigenvalue weighted by molar-refractivity contribution is -0.122. The average molecular weight is 314 g/mol. The third-order valence-corrected chi connectivity index (χ3v) is 4.33. The van der Waals surface area contributed by atoms with Gasteiger partial charge in [-0.05, 0) is 45.4 Å². The SMILES string of the molecule is COc1ccc(C)cc1S(=O)(=O)NC(C)C(=O)NC(C)C. The summed E-state index contributed by atoms with van der Waals surface area (Å²) in [6.07, 6.45) is 0. The third kappa shape index (κ3) is 4.71. The highest BCUT2D eigenvalue weighted by Crippen LogP contribution is 2.24. The second-order valence-electron chi connectivity index (χ2n) is 5.16. The number of hydrogen-bond donors (Lipinski definition) is 2. The van der Waals surface area contributed by atoms with Crippen LogP contribution in [0.15, 0.2) is 23.1 Å². The van der Waals surface area contributed by atoms with Gasteiger partial charge in [-0.25, -0.2) is 8.42 Å². The Balaban J connectivity index is 3.02. The average Bonchev–Trinajstić information content (AvgIpc) is 2.37. The fourth-order valence-corrected chi connectivity index (χ4v) is 3.21. The van der Waals surface area contributed by atoms with E-state index in [9.17, 15) is 13.2 Å². The molecule has 0 saturated heterocycles. The van der Waals surface area contributed by atoms with E-state index in [1.165, 1.54) is 20.1 Å². The van der Waals surface area contributed by atoms with Gasteiger partial charge in [-0.3, -0.25) is 4.79 Å². The van der Waals surface area contributed by atoms with Gasteiger partial charge in [0.2, 0.25) is 15.9 Å². The molecule has 1 amide bonds. The van der Waals surface area contributed by atoms with Gasteiger partial charge >= 0.3 is 0 Å². The topological polar surface area (TPSA) is 84.5 Å². The van der Waals surface area contributed by atoms with Crippen LogP contribution in [0.2, 0.25) is 0 Å². The number of ether oxygens (including phenoxy) is 1. The Morgan fingerprint density at radius 2 is 1.86 bits per heavy atom. The number of hydrogen-bond acceptors (Lipinski definition) is 4. The van der Waals surface area contributed by atoms with Crippen LogP contribution in [0.4, 0.5) is 0 Å². The van der Waals surface area contributed by atoms with Crippen LogP contribution in [0.25, 0.3) is 0 Å². The maximum Gasteiger partial charge on any atom is 0.244 e. The molecule has 0 bridgehead atoms. The summed E-state index contributed by atoms with van der Waals surface area (Å²) in [5, 5.41) is 2.66. The lowest BCUT2D eigenvalue weighted by Crippen LogP contribution is -2.46. The maximum atomic E-state index is 12.4. The molecule has 0 aliphatic rings. The van der Waals surface area contributed by atoms with E-state index in [0.717, 1.165) is 5.56 Å². The molecule has 1 unspecified atom stereocenters. The van der Waals surface area contributed by atoms with Crippen molar-refractivity contribution in [1.82, 2.24) is 10.0 Å². The molecule has 0 aliphatic carbocycles. The second kappa shape index (κ2) is 6.91. The largest absolute Gasteiger partial charge is 0.495 e. The van der Waals surface area contributed by atoms with Gasteiger partial charge in [0.15, 0.2) is 0 Å². The minimum Gasteiger partial charge on any atom is -0.495 e. The minimum absolute atomic E-state index is 0.0224. The molecule has 0 spiro atoms. The Hall–Kier alpha value is -1.60. The van der Waals surface area contributed by atoms with Crippen molar-refractivity contribution < 1.29 is 17.9 Å². The first-order valence-corrected chi connectivity index (χ1v) is 8.13. The summed E-state index contributed by atoms with van der Waals surface area (Å²) in [6.45, 7) is 6.90. The van der Waals surface area contributed by atoms with Gasteiger partial charge in [0.05, 0.1) is 13.2 Å². The van der Waals surface area contributed by atoms with Crippen LogP contribution in [-0.2, 0) is 14.8 Å². The standard InChI is InChI=1S/C14H22N2O4S/c1-9(2)15-14(17)11(4)16-21(18,19)13-8-10(3)6-7-12(13)20-5/h6-9,11,16H,1-5H3,(H,15,17). The number of rotatable bonds is 6. The fourth-order valence-electron chi connectivity index (χ4n) is 1.75. The molecule has 6 nitrogen and oxygen atoms in total. The molecule has 0 heterocycles. The summed E-state index contributed by atoms with van der Waals surface area (Å²) in [5.74, 6) is -0.134. The van der Waals surface area contributed by atoms with Gasteiger partial charge in [0.25, 0.3) is 0 Å². The molecule has 1 rings (SSSR count). The van der Waals surface area contributed by atoms with Gasteiger partial charge in [-0.2, -0.15) is 4.72 Å². The highest BCUT2D eigenvalue weighted by atomic mass is 32.2. The summed E-state index contributed by atoms with van der Waals surface area (Å²) >= 11 is 0. The van der Waals surface area contributed by atoms with Gasteiger partial charge in [-0.15, -0.1) is 0 Å². The van der Waals surface area contributed by atoms with Crippen LogP contribution in [0.5, 0.6) is 5.75 Å². The Labute approximate surface area is 125 Å². The first kappa shape index (κ1) is 17.5. The van der Waals surface area contributed by atoms with Crippen molar-refractivity contribution in [1.29, 1.82) is 0 Å². The Morgan fingerprint density at radius 1 is 1.24 bits per heavy atom. The van der Waals surface area contributed by atoms with Crippen LogP contribution in [0, 0.1) is 6.92 Å². The molecule has 0 fully saturated rings. The van der Waals surface area contributed by atoms with Crippen LogP contribution in [-0.4, -0.2) is 33.5 Å². The Morgan fingerprint density at radius 3 is 2.38 bits per heavy atom. The normalized spacial score (nSPS) is 13.0. The van der Waals surface area contributed by atoms with Crippen molar-refractivity contribution in [2.45, 2.75) is 44.7 Å². The van der Waals surface area contributed by atoms with Crippen LogP contribution >= 0.6 is 0 Å². The summed E-state index contributed by atoms with van der Waals surface area (Å²) in [4.78, 5) is 11.8. The van der Waals surface area contributed by atoms with Gasteiger partial charge in [0.1, 0.15) is 10.6 Å². The number of benzene rings is 1. The zero-order valence-electron chi connectivity index (χ0n) is 12.9. The van der Waals surface area contributed by atoms with Crippen molar-refractivity contribution in [2.24, 2.45) is 0 Å². The molecule has 1 aromatic rings. The zero-order valence-corrected chi connectivity index (χ0v) is 13.7. The van der Waals surface area contributed by atoms with E-state index < -0.39 is 16.1 Å². The quantitative estimate of drug-likeness (QED) is 0.826. The first-order valence-electron chi connectivity index (χ1n) is 6.64. The number of amides is 1. The summed E-state index contributed by atoms with van der Waals surface area (Å²) < 4.78 is 32.2. The van der Waals surface area contributed by atoms with Crippen molar-refractivity contribution in [3.63, 3.8) is 0 Å². The fraction of sp³-hybridized carbons (Fsp3) is 0.500. The van der Waals surface area contributed by atoms with E-state index in [1.54, 1.807) is 19.1 Å². The molecule has 2 N–H and O–H groups in total. The molecule has 1 atom stereocenters.